The van der Waals surface area contributed by atoms with E-state index in [9.17, 15) is 9.59 Å². The minimum atomic E-state index is -0.148. The van der Waals surface area contributed by atoms with Gasteiger partial charge in [0.2, 0.25) is 0 Å². The van der Waals surface area contributed by atoms with Gasteiger partial charge in [-0.3, -0.25) is 9.59 Å². The third kappa shape index (κ3) is 2.96. The molecule has 2 heterocycles. The molecule has 1 aromatic heterocycles. The maximum absolute atomic E-state index is 12.7. The number of rotatable bonds is 3. The average molecular weight is 296 g/mol. The molecule has 3 rings (SSSR count). The van der Waals surface area contributed by atoms with E-state index in [2.05, 4.69) is 12.1 Å². The molecule has 1 fully saturated rings. The highest BCUT2D eigenvalue weighted by Gasteiger charge is 2.29. The zero-order valence-electron chi connectivity index (χ0n) is 12.7. The van der Waals surface area contributed by atoms with E-state index in [1.165, 1.54) is 16.2 Å². The van der Waals surface area contributed by atoms with Gasteiger partial charge in [-0.15, -0.1) is 0 Å². The van der Waals surface area contributed by atoms with Crippen molar-refractivity contribution in [3.63, 3.8) is 0 Å². The SMILES string of the molecule is Cn1ccc(C(=O)N2CCCC2Cc2ccccc2)cc1=O. The van der Waals surface area contributed by atoms with E-state index >= 15 is 0 Å². The fourth-order valence-corrected chi connectivity index (χ4v) is 3.05. The van der Waals surface area contributed by atoms with E-state index in [4.69, 9.17) is 0 Å². The minimum Gasteiger partial charge on any atom is -0.335 e. The lowest BCUT2D eigenvalue weighted by atomic mass is 10.0. The molecule has 4 heteroatoms. The first-order valence-electron chi connectivity index (χ1n) is 7.67. The Morgan fingerprint density at radius 2 is 2.00 bits per heavy atom. The van der Waals surface area contributed by atoms with Crippen molar-refractivity contribution in [3.8, 4) is 0 Å². The first-order valence-corrected chi connectivity index (χ1v) is 7.67. The van der Waals surface area contributed by atoms with Crippen LogP contribution in [-0.4, -0.2) is 28.0 Å². The van der Waals surface area contributed by atoms with Crippen LogP contribution < -0.4 is 5.56 Å². The van der Waals surface area contributed by atoms with Crippen LogP contribution >= 0.6 is 0 Å². The number of carbonyl (C=O) groups is 1. The van der Waals surface area contributed by atoms with Crippen LogP contribution in [0.5, 0.6) is 0 Å². The second-order valence-corrected chi connectivity index (χ2v) is 5.85. The Kier molecular flexibility index (Phi) is 4.09. The number of carbonyl (C=O) groups excluding carboxylic acids is 1. The molecule has 1 aliphatic heterocycles. The molecule has 1 amide bonds. The quantitative estimate of drug-likeness (QED) is 0.871. The van der Waals surface area contributed by atoms with Crippen LogP contribution in [0.1, 0.15) is 28.8 Å². The van der Waals surface area contributed by atoms with Crippen LogP contribution in [0.3, 0.4) is 0 Å². The Balaban J connectivity index is 1.78. The summed E-state index contributed by atoms with van der Waals surface area (Å²) in [6.45, 7) is 0.769. The molecule has 1 aromatic carbocycles. The van der Waals surface area contributed by atoms with E-state index in [1.807, 2.05) is 23.1 Å². The van der Waals surface area contributed by atoms with E-state index < -0.39 is 0 Å². The summed E-state index contributed by atoms with van der Waals surface area (Å²) in [4.78, 5) is 26.3. The first-order chi connectivity index (χ1) is 10.6. The van der Waals surface area contributed by atoms with E-state index in [1.54, 1.807) is 19.3 Å². The zero-order chi connectivity index (χ0) is 15.5. The summed E-state index contributed by atoms with van der Waals surface area (Å²) >= 11 is 0. The first kappa shape index (κ1) is 14.6. The maximum Gasteiger partial charge on any atom is 0.254 e. The highest BCUT2D eigenvalue weighted by molar-refractivity contribution is 5.94. The molecule has 114 valence electrons. The predicted octanol–water partition coefficient (Wildman–Crippen LogP) is 2.23. The number of likely N-dealkylation sites (tertiary alicyclic amines) is 1. The van der Waals surface area contributed by atoms with Crippen molar-refractivity contribution < 1.29 is 4.79 Å². The largest absolute Gasteiger partial charge is 0.335 e. The van der Waals surface area contributed by atoms with Gasteiger partial charge in [0.15, 0.2) is 0 Å². The number of benzene rings is 1. The van der Waals surface area contributed by atoms with Crippen molar-refractivity contribution >= 4 is 5.91 Å². The maximum atomic E-state index is 12.7. The van der Waals surface area contributed by atoms with Crippen LogP contribution in [0.4, 0.5) is 0 Å². The molecule has 1 aliphatic rings. The van der Waals surface area contributed by atoms with Gasteiger partial charge in [-0.25, -0.2) is 0 Å². The summed E-state index contributed by atoms with van der Waals surface area (Å²) in [7, 11) is 1.69. The van der Waals surface area contributed by atoms with Crippen molar-refractivity contribution in [1.82, 2.24) is 9.47 Å². The van der Waals surface area contributed by atoms with Gasteiger partial charge in [0.25, 0.3) is 11.5 Å². The summed E-state index contributed by atoms with van der Waals surface area (Å²) < 4.78 is 1.47. The molecule has 0 radical (unpaired) electrons. The van der Waals surface area contributed by atoms with Crippen molar-refractivity contribution in [2.75, 3.05) is 6.54 Å². The highest BCUT2D eigenvalue weighted by Crippen LogP contribution is 2.23. The minimum absolute atomic E-state index is 0.0314. The van der Waals surface area contributed by atoms with Crippen LogP contribution in [-0.2, 0) is 13.5 Å². The molecule has 0 saturated carbocycles. The lowest BCUT2D eigenvalue weighted by Crippen LogP contribution is -2.37. The van der Waals surface area contributed by atoms with Crippen molar-refractivity contribution in [2.24, 2.45) is 7.05 Å². The fraction of sp³-hybridized carbons (Fsp3) is 0.333. The summed E-state index contributed by atoms with van der Waals surface area (Å²) in [6.07, 6.45) is 4.56. The molecule has 0 spiro atoms. The Hall–Kier alpha value is -2.36. The zero-order valence-corrected chi connectivity index (χ0v) is 12.7. The number of nitrogens with zero attached hydrogens (tertiary/aromatic N) is 2. The molecule has 2 aromatic rings. The number of hydrogen-bond acceptors (Lipinski definition) is 2. The van der Waals surface area contributed by atoms with Gasteiger partial charge in [-0.2, -0.15) is 0 Å². The summed E-state index contributed by atoms with van der Waals surface area (Å²) in [5, 5.41) is 0. The van der Waals surface area contributed by atoms with Gasteiger partial charge in [0.1, 0.15) is 0 Å². The van der Waals surface area contributed by atoms with Gasteiger partial charge in [0, 0.05) is 37.5 Å². The molecular formula is C18H20N2O2. The van der Waals surface area contributed by atoms with Crippen LogP contribution in [0, 0.1) is 0 Å². The lowest BCUT2D eigenvalue weighted by Gasteiger charge is -2.25. The van der Waals surface area contributed by atoms with Gasteiger partial charge < -0.3 is 9.47 Å². The Bertz CT molecular complexity index is 721. The normalized spacial score (nSPS) is 17.7. The van der Waals surface area contributed by atoms with Crippen LogP contribution in [0.15, 0.2) is 53.5 Å². The Morgan fingerprint density at radius 3 is 2.73 bits per heavy atom. The molecule has 0 N–H and O–H groups in total. The summed E-state index contributed by atoms with van der Waals surface area (Å²) in [5.41, 5.74) is 1.59. The predicted molar refractivity (Wildman–Crippen MR) is 85.9 cm³/mol. The number of hydrogen-bond donors (Lipinski definition) is 0. The second-order valence-electron chi connectivity index (χ2n) is 5.85. The van der Waals surface area contributed by atoms with Crippen molar-refractivity contribution in [2.45, 2.75) is 25.3 Å². The summed E-state index contributed by atoms with van der Waals surface area (Å²) in [5.74, 6) is -0.0314. The van der Waals surface area contributed by atoms with E-state index in [0.29, 0.717) is 5.56 Å². The van der Waals surface area contributed by atoms with Gasteiger partial charge in [-0.05, 0) is 30.9 Å². The number of aromatic nitrogens is 1. The molecular weight excluding hydrogens is 276 g/mol. The third-order valence-electron chi connectivity index (χ3n) is 4.30. The fourth-order valence-electron chi connectivity index (χ4n) is 3.05. The molecule has 0 bridgehead atoms. The van der Waals surface area contributed by atoms with Crippen molar-refractivity contribution in [3.05, 3.63) is 70.1 Å². The Labute approximate surface area is 130 Å². The molecule has 1 saturated heterocycles. The topological polar surface area (TPSA) is 42.3 Å². The third-order valence-corrected chi connectivity index (χ3v) is 4.30. The molecule has 22 heavy (non-hydrogen) atoms. The summed E-state index contributed by atoms with van der Waals surface area (Å²) in [6, 6.07) is 13.6. The molecule has 1 unspecified atom stereocenters. The van der Waals surface area contributed by atoms with E-state index in [-0.39, 0.29) is 17.5 Å². The van der Waals surface area contributed by atoms with Crippen LogP contribution in [0.2, 0.25) is 0 Å². The highest BCUT2D eigenvalue weighted by atomic mass is 16.2. The number of amides is 1. The molecule has 4 nitrogen and oxygen atoms in total. The van der Waals surface area contributed by atoms with Gasteiger partial charge >= 0.3 is 0 Å². The number of aryl methyl sites for hydroxylation is 1. The number of pyridine rings is 1. The smallest absolute Gasteiger partial charge is 0.254 e. The van der Waals surface area contributed by atoms with Gasteiger partial charge in [-0.1, -0.05) is 30.3 Å². The molecule has 0 aliphatic carbocycles. The second kappa shape index (κ2) is 6.18. The monoisotopic (exact) mass is 296 g/mol. The van der Waals surface area contributed by atoms with Gasteiger partial charge in [0.05, 0.1) is 0 Å². The van der Waals surface area contributed by atoms with Crippen molar-refractivity contribution in [1.29, 1.82) is 0 Å². The standard InChI is InChI=1S/C18H20N2O2/c1-19-11-9-15(13-17(19)21)18(22)20-10-5-8-16(20)12-14-6-3-2-4-7-14/h2-4,6-7,9,11,13,16H,5,8,10,12H2,1H3. The van der Waals surface area contributed by atoms with E-state index in [0.717, 1.165) is 25.8 Å². The Morgan fingerprint density at radius 1 is 1.23 bits per heavy atom. The average Bonchev–Trinajstić information content (AvgIpc) is 2.98. The van der Waals surface area contributed by atoms with Crippen LogP contribution in [0.25, 0.3) is 0 Å². The lowest BCUT2D eigenvalue weighted by molar-refractivity contribution is 0.0736. The molecule has 1 atom stereocenters.